The van der Waals surface area contributed by atoms with Crippen LogP contribution in [0.5, 0.6) is 0 Å². The van der Waals surface area contributed by atoms with Gasteiger partial charge < -0.3 is 0 Å². The Hall–Kier alpha value is -1.18. The van der Waals surface area contributed by atoms with E-state index in [1.54, 1.807) is 11.8 Å². The first kappa shape index (κ1) is 12.3. The van der Waals surface area contributed by atoms with Gasteiger partial charge in [-0.15, -0.1) is 0 Å². The molecule has 0 heterocycles. The number of rotatable bonds is 4. The molecule has 2 heteroatoms. The summed E-state index contributed by atoms with van der Waals surface area (Å²) in [7, 11) is 0. The molecule has 17 heavy (non-hydrogen) atoms. The van der Waals surface area contributed by atoms with Gasteiger partial charge in [-0.05, 0) is 23.1 Å². The Balaban J connectivity index is 1.94. The molecule has 0 amide bonds. The van der Waals surface area contributed by atoms with E-state index in [-0.39, 0.29) is 0 Å². The van der Waals surface area contributed by atoms with Crippen molar-refractivity contribution in [3.05, 3.63) is 76.7 Å². The van der Waals surface area contributed by atoms with Crippen LogP contribution in [0.1, 0.15) is 5.56 Å². The Kier molecular flexibility index (Phi) is 4.72. The SMILES string of the molecule is Cl/C(=C/Sc1ccccc1)Cc1ccccc1. The first-order valence-electron chi connectivity index (χ1n) is 5.45. The maximum Gasteiger partial charge on any atom is 0.0291 e. The first-order chi connectivity index (χ1) is 8.34. The number of allylic oxidation sites excluding steroid dienone is 1. The topological polar surface area (TPSA) is 0 Å². The van der Waals surface area contributed by atoms with Crippen molar-refractivity contribution >= 4 is 23.4 Å². The van der Waals surface area contributed by atoms with E-state index in [1.807, 2.05) is 41.8 Å². The summed E-state index contributed by atoms with van der Waals surface area (Å²) in [6.45, 7) is 0. The number of hydrogen-bond acceptors (Lipinski definition) is 1. The summed E-state index contributed by atoms with van der Waals surface area (Å²) < 4.78 is 0. The van der Waals surface area contributed by atoms with Gasteiger partial charge in [-0.3, -0.25) is 0 Å². The molecule has 0 atom stereocenters. The maximum atomic E-state index is 6.21. The van der Waals surface area contributed by atoms with Crippen LogP contribution in [0.2, 0.25) is 0 Å². The first-order valence-corrected chi connectivity index (χ1v) is 6.70. The third-order valence-electron chi connectivity index (χ3n) is 2.28. The molecule has 0 N–H and O–H groups in total. The van der Waals surface area contributed by atoms with Gasteiger partial charge in [0.15, 0.2) is 0 Å². The van der Waals surface area contributed by atoms with Gasteiger partial charge in [-0.1, -0.05) is 71.9 Å². The predicted molar refractivity (Wildman–Crippen MR) is 76.4 cm³/mol. The molecule has 0 radical (unpaired) electrons. The van der Waals surface area contributed by atoms with E-state index in [0.29, 0.717) is 0 Å². The van der Waals surface area contributed by atoms with Crippen LogP contribution in [-0.2, 0) is 6.42 Å². The molecule has 86 valence electrons. The summed E-state index contributed by atoms with van der Waals surface area (Å²) in [6.07, 6.45) is 0.794. The highest BCUT2D eigenvalue weighted by molar-refractivity contribution is 8.02. The minimum absolute atomic E-state index is 0.794. The van der Waals surface area contributed by atoms with E-state index in [2.05, 4.69) is 24.3 Å². The molecule has 2 aromatic carbocycles. The van der Waals surface area contributed by atoms with Crippen molar-refractivity contribution < 1.29 is 0 Å². The lowest BCUT2D eigenvalue weighted by molar-refractivity contribution is 1.25. The Morgan fingerprint density at radius 3 is 2.18 bits per heavy atom. The predicted octanol–water partition coefficient (Wildman–Crippen LogP) is 5.10. The highest BCUT2D eigenvalue weighted by atomic mass is 35.5. The van der Waals surface area contributed by atoms with Crippen LogP contribution in [0.4, 0.5) is 0 Å². The van der Waals surface area contributed by atoms with Gasteiger partial charge in [0.1, 0.15) is 0 Å². The zero-order chi connectivity index (χ0) is 11.9. The molecule has 0 aromatic heterocycles. The summed E-state index contributed by atoms with van der Waals surface area (Å²) in [4.78, 5) is 1.21. The van der Waals surface area contributed by atoms with E-state index in [0.717, 1.165) is 11.5 Å². The van der Waals surface area contributed by atoms with Crippen LogP contribution in [0.3, 0.4) is 0 Å². The molecule has 0 aliphatic carbocycles. The number of thioether (sulfide) groups is 1. The summed E-state index contributed by atoms with van der Waals surface area (Å²) in [5, 5.41) is 2.87. The maximum absolute atomic E-state index is 6.21. The summed E-state index contributed by atoms with van der Waals surface area (Å²) in [5.41, 5.74) is 1.24. The zero-order valence-electron chi connectivity index (χ0n) is 9.34. The summed E-state index contributed by atoms with van der Waals surface area (Å²) in [6, 6.07) is 20.5. The van der Waals surface area contributed by atoms with E-state index in [4.69, 9.17) is 11.6 Å². The van der Waals surface area contributed by atoms with E-state index < -0.39 is 0 Å². The van der Waals surface area contributed by atoms with Crippen LogP contribution in [0.15, 0.2) is 76.0 Å². The van der Waals surface area contributed by atoms with E-state index in [1.165, 1.54) is 10.5 Å². The van der Waals surface area contributed by atoms with Gasteiger partial charge in [0.2, 0.25) is 0 Å². The van der Waals surface area contributed by atoms with Crippen LogP contribution in [0.25, 0.3) is 0 Å². The quantitative estimate of drug-likeness (QED) is 0.689. The zero-order valence-corrected chi connectivity index (χ0v) is 10.9. The molecular weight excluding hydrogens is 248 g/mol. The molecule has 0 saturated heterocycles. The normalized spacial score (nSPS) is 11.5. The highest BCUT2D eigenvalue weighted by Gasteiger charge is 1.96. The fourth-order valence-electron chi connectivity index (χ4n) is 1.46. The van der Waals surface area contributed by atoms with Crippen LogP contribution < -0.4 is 0 Å². The fraction of sp³-hybridized carbons (Fsp3) is 0.0667. The Morgan fingerprint density at radius 1 is 0.941 bits per heavy atom. The minimum atomic E-state index is 0.794. The molecule has 2 rings (SSSR count). The monoisotopic (exact) mass is 260 g/mol. The molecule has 0 nitrogen and oxygen atoms in total. The van der Waals surface area contributed by atoms with Gasteiger partial charge in [0.05, 0.1) is 0 Å². The number of halogens is 1. The molecule has 2 aromatic rings. The van der Waals surface area contributed by atoms with E-state index in [9.17, 15) is 0 Å². The van der Waals surface area contributed by atoms with Crippen LogP contribution >= 0.6 is 23.4 Å². The van der Waals surface area contributed by atoms with Crippen molar-refractivity contribution in [2.45, 2.75) is 11.3 Å². The van der Waals surface area contributed by atoms with Crippen LogP contribution in [-0.4, -0.2) is 0 Å². The van der Waals surface area contributed by atoms with Gasteiger partial charge in [-0.25, -0.2) is 0 Å². The molecule has 0 aliphatic rings. The van der Waals surface area contributed by atoms with Crippen LogP contribution in [0, 0.1) is 0 Å². The van der Waals surface area contributed by atoms with Gasteiger partial charge in [-0.2, -0.15) is 0 Å². The lowest BCUT2D eigenvalue weighted by Gasteiger charge is -2.00. The van der Waals surface area contributed by atoms with Crippen molar-refractivity contribution in [3.8, 4) is 0 Å². The Morgan fingerprint density at radius 2 is 1.53 bits per heavy atom. The molecule has 0 fully saturated rings. The lowest BCUT2D eigenvalue weighted by Crippen LogP contribution is -1.82. The van der Waals surface area contributed by atoms with Gasteiger partial charge >= 0.3 is 0 Å². The average Bonchev–Trinajstić information content (AvgIpc) is 2.39. The number of benzene rings is 2. The standard InChI is InChI=1S/C15H13ClS/c16-14(11-13-7-3-1-4-8-13)12-17-15-9-5-2-6-10-15/h1-10,12H,11H2/b14-12+. The van der Waals surface area contributed by atoms with Crippen molar-refractivity contribution in [1.29, 1.82) is 0 Å². The minimum Gasteiger partial charge on any atom is -0.0969 e. The number of hydrogen-bond donors (Lipinski definition) is 0. The average molecular weight is 261 g/mol. The third kappa shape index (κ3) is 4.29. The van der Waals surface area contributed by atoms with E-state index >= 15 is 0 Å². The molecule has 0 aliphatic heterocycles. The highest BCUT2D eigenvalue weighted by Crippen LogP contribution is 2.23. The van der Waals surface area contributed by atoms with Crippen molar-refractivity contribution in [2.24, 2.45) is 0 Å². The Labute approximate surface area is 111 Å². The summed E-state index contributed by atoms with van der Waals surface area (Å²) >= 11 is 7.86. The van der Waals surface area contributed by atoms with Crippen molar-refractivity contribution in [1.82, 2.24) is 0 Å². The lowest BCUT2D eigenvalue weighted by atomic mass is 10.1. The van der Waals surface area contributed by atoms with Crippen molar-refractivity contribution in [3.63, 3.8) is 0 Å². The van der Waals surface area contributed by atoms with Gasteiger partial charge in [0.25, 0.3) is 0 Å². The molecule has 0 saturated carbocycles. The largest absolute Gasteiger partial charge is 0.0969 e. The third-order valence-corrected chi connectivity index (χ3v) is 3.60. The second-order valence-electron chi connectivity index (χ2n) is 3.66. The van der Waals surface area contributed by atoms with Gasteiger partial charge in [0, 0.05) is 16.3 Å². The molecule has 0 bridgehead atoms. The van der Waals surface area contributed by atoms with Crippen molar-refractivity contribution in [2.75, 3.05) is 0 Å². The smallest absolute Gasteiger partial charge is 0.0291 e. The second-order valence-corrected chi connectivity index (χ2v) is 5.09. The Bertz CT molecular complexity index is 477. The fourth-order valence-corrected chi connectivity index (χ4v) is 2.41. The second kappa shape index (κ2) is 6.53. The molecule has 0 spiro atoms. The summed E-state index contributed by atoms with van der Waals surface area (Å²) in [5.74, 6) is 0. The molecule has 0 unspecified atom stereocenters. The molecular formula is C15H13ClS.